The molecule has 0 aliphatic carbocycles. The van der Waals surface area contributed by atoms with Gasteiger partial charge in [-0.25, -0.2) is 4.79 Å². The molecule has 2 aromatic carbocycles. The number of benzene rings is 2. The summed E-state index contributed by atoms with van der Waals surface area (Å²) in [6, 6.07) is 19.0. The third kappa shape index (κ3) is 4.71. The quantitative estimate of drug-likeness (QED) is 0.662. The van der Waals surface area contributed by atoms with Crippen LogP contribution in [0.1, 0.15) is 16.1 Å². The molecule has 0 saturated heterocycles. The minimum absolute atomic E-state index is 0.247. The highest BCUT2D eigenvalue weighted by Gasteiger charge is 2.08. The molecule has 0 aliphatic rings. The smallest absolute Gasteiger partial charge is 0.323 e. The normalized spacial score (nSPS) is 10.1. The molecule has 126 valence electrons. The lowest BCUT2D eigenvalue weighted by Gasteiger charge is -2.09. The van der Waals surface area contributed by atoms with Gasteiger partial charge in [-0.1, -0.05) is 24.3 Å². The van der Waals surface area contributed by atoms with Crippen molar-refractivity contribution in [3.8, 4) is 0 Å². The van der Waals surface area contributed by atoms with Crippen molar-refractivity contribution in [1.82, 2.24) is 5.32 Å². The maximum absolute atomic E-state index is 12.2. The van der Waals surface area contributed by atoms with Crippen LogP contribution in [0.2, 0.25) is 0 Å². The van der Waals surface area contributed by atoms with Crippen LogP contribution in [-0.2, 0) is 6.54 Å². The number of carbonyl (C=O) groups excluding carboxylic acids is 2. The van der Waals surface area contributed by atoms with Crippen molar-refractivity contribution in [2.45, 2.75) is 6.54 Å². The van der Waals surface area contributed by atoms with E-state index in [-0.39, 0.29) is 11.9 Å². The molecule has 0 spiro atoms. The third-order valence-electron chi connectivity index (χ3n) is 3.42. The van der Waals surface area contributed by atoms with Crippen molar-refractivity contribution in [3.05, 3.63) is 84.3 Å². The zero-order chi connectivity index (χ0) is 17.5. The Kier molecular flexibility index (Phi) is 5.11. The highest BCUT2D eigenvalue weighted by molar-refractivity contribution is 6.01. The van der Waals surface area contributed by atoms with Crippen LogP contribution in [0.5, 0.6) is 0 Å². The Morgan fingerprint density at radius 1 is 0.840 bits per heavy atom. The van der Waals surface area contributed by atoms with Gasteiger partial charge in [0, 0.05) is 16.9 Å². The van der Waals surface area contributed by atoms with Gasteiger partial charge in [0.15, 0.2) is 0 Å². The summed E-state index contributed by atoms with van der Waals surface area (Å²) < 4.78 is 5.17. The van der Waals surface area contributed by atoms with Gasteiger partial charge in [-0.2, -0.15) is 0 Å². The molecule has 25 heavy (non-hydrogen) atoms. The van der Waals surface area contributed by atoms with E-state index in [0.717, 1.165) is 0 Å². The molecule has 3 N–H and O–H groups in total. The fourth-order valence-corrected chi connectivity index (χ4v) is 2.24. The number of amides is 3. The Labute approximate surface area is 144 Å². The number of hydrogen-bond acceptors (Lipinski definition) is 3. The number of carbonyl (C=O) groups is 2. The zero-order valence-corrected chi connectivity index (χ0v) is 13.4. The first-order valence-corrected chi connectivity index (χ1v) is 7.74. The monoisotopic (exact) mass is 335 g/mol. The van der Waals surface area contributed by atoms with Gasteiger partial charge in [-0.15, -0.1) is 0 Å². The molecule has 6 heteroatoms. The highest BCUT2D eigenvalue weighted by atomic mass is 16.3. The average Bonchev–Trinajstić information content (AvgIpc) is 3.14. The van der Waals surface area contributed by atoms with E-state index in [1.165, 1.54) is 0 Å². The molecular weight excluding hydrogens is 318 g/mol. The van der Waals surface area contributed by atoms with Gasteiger partial charge in [0.1, 0.15) is 5.76 Å². The fourth-order valence-electron chi connectivity index (χ4n) is 2.24. The maximum atomic E-state index is 12.2. The Balaban J connectivity index is 1.58. The minimum Gasteiger partial charge on any atom is -0.467 e. The summed E-state index contributed by atoms with van der Waals surface area (Å²) in [6.45, 7) is 0.304. The van der Waals surface area contributed by atoms with E-state index in [4.69, 9.17) is 4.42 Å². The molecule has 1 heterocycles. The topological polar surface area (TPSA) is 83.4 Å². The largest absolute Gasteiger partial charge is 0.467 e. The number of hydrogen-bond donors (Lipinski definition) is 3. The van der Waals surface area contributed by atoms with Crippen LogP contribution in [0.25, 0.3) is 0 Å². The van der Waals surface area contributed by atoms with Gasteiger partial charge in [0.2, 0.25) is 0 Å². The van der Waals surface area contributed by atoms with Crippen LogP contribution in [0.15, 0.2) is 77.4 Å². The van der Waals surface area contributed by atoms with Crippen molar-refractivity contribution >= 4 is 23.3 Å². The van der Waals surface area contributed by atoms with Crippen LogP contribution >= 0.6 is 0 Å². The summed E-state index contributed by atoms with van der Waals surface area (Å²) in [4.78, 5) is 24.2. The van der Waals surface area contributed by atoms with Gasteiger partial charge >= 0.3 is 6.03 Å². The highest BCUT2D eigenvalue weighted by Crippen LogP contribution is 2.12. The number of para-hydroxylation sites is 1. The summed E-state index contributed by atoms with van der Waals surface area (Å²) in [7, 11) is 0. The predicted octanol–water partition coefficient (Wildman–Crippen LogP) is 3.85. The SMILES string of the molecule is O=C(Nc1ccccc1)Nc1cccc(C(=O)NCc2ccco2)c1. The first kappa shape index (κ1) is 16.3. The van der Waals surface area contributed by atoms with Crippen molar-refractivity contribution in [3.63, 3.8) is 0 Å². The van der Waals surface area contributed by atoms with Gasteiger partial charge in [0.25, 0.3) is 5.91 Å². The van der Waals surface area contributed by atoms with Crippen molar-refractivity contribution < 1.29 is 14.0 Å². The summed E-state index contributed by atoms with van der Waals surface area (Å²) >= 11 is 0. The molecule has 3 rings (SSSR count). The van der Waals surface area contributed by atoms with E-state index in [9.17, 15) is 9.59 Å². The second-order valence-electron chi connectivity index (χ2n) is 5.29. The maximum Gasteiger partial charge on any atom is 0.323 e. The second-order valence-corrected chi connectivity index (χ2v) is 5.29. The minimum atomic E-state index is -0.376. The van der Waals surface area contributed by atoms with E-state index in [2.05, 4.69) is 16.0 Å². The molecule has 0 aliphatic heterocycles. The van der Waals surface area contributed by atoms with E-state index in [1.807, 2.05) is 18.2 Å². The fraction of sp³-hybridized carbons (Fsp3) is 0.0526. The van der Waals surface area contributed by atoms with E-state index in [1.54, 1.807) is 54.8 Å². The van der Waals surface area contributed by atoms with E-state index < -0.39 is 0 Å². The zero-order valence-electron chi connectivity index (χ0n) is 13.4. The number of furan rings is 1. The van der Waals surface area contributed by atoms with Crippen LogP contribution < -0.4 is 16.0 Å². The lowest BCUT2D eigenvalue weighted by molar-refractivity contribution is 0.0948. The Hall–Kier alpha value is -3.54. The molecule has 0 saturated carbocycles. The van der Waals surface area contributed by atoms with E-state index >= 15 is 0 Å². The van der Waals surface area contributed by atoms with Crippen molar-refractivity contribution in [1.29, 1.82) is 0 Å². The lowest BCUT2D eigenvalue weighted by atomic mass is 10.2. The molecule has 0 bridgehead atoms. The lowest BCUT2D eigenvalue weighted by Crippen LogP contribution is -2.23. The number of urea groups is 1. The average molecular weight is 335 g/mol. The Morgan fingerprint density at radius 3 is 2.36 bits per heavy atom. The molecule has 6 nitrogen and oxygen atoms in total. The van der Waals surface area contributed by atoms with Gasteiger partial charge in [0.05, 0.1) is 12.8 Å². The van der Waals surface area contributed by atoms with E-state index in [0.29, 0.717) is 29.2 Å². The molecule has 0 radical (unpaired) electrons. The first-order chi connectivity index (χ1) is 12.2. The predicted molar refractivity (Wildman–Crippen MR) is 95.4 cm³/mol. The molecule has 3 amide bonds. The standard InChI is InChI=1S/C19H17N3O3/c23-18(20-13-17-10-5-11-25-17)14-6-4-9-16(12-14)22-19(24)21-15-7-2-1-3-8-15/h1-12H,13H2,(H,20,23)(H2,21,22,24). The molecule has 0 fully saturated rings. The molecule has 0 atom stereocenters. The summed E-state index contributed by atoms with van der Waals surface area (Å²) in [5.74, 6) is 0.424. The molecule has 3 aromatic rings. The van der Waals surface area contributed by atoms with Crippen LogP contribution in [0.4, 0.5) is 16.2 Å². The van der Waals surface area contributed by atoms with Crippen LogP contribution in [-0.4, -0.2) is 11.9 Å². The molecular formula is C19H17N3O3. The summed E-state index contributed by atoms with van der Waals surface area (Å²) in [5.41, 5.74) is 1.66. The Bertz CT molecular complexity index is 845. The molecule has 0 unspecified atom stereocenters. The van der Waals surface area contributed by atoms with Crippen molar-refractivity contribution in [2.75, 3.05) is 10.6 Å². The summed E-state index contributed by atoms with van der Waals surface area (Å²) in [6.07, 6.45) is 1.55. The third-order valence-corrected chi connectivity index (χ3v) is 3.42. The first-order valence-electron chi connectivity index (χ1n) is 7.74. The molecule has 1 aromatic heterocycles. The second kappa shape index (κ2) is 7.83. The Morgan fingerprint density at radius 2 is 1.60 bits per heavy atom. The van der Waals surface area contributed by atoms with Crippen LogP contribution in [0.3, 0.4) is 0 Å². The van der Waals surface area contributed by atoms with Crippen LogP contribution in [0, 0.1) is 0 Å². The number of nitrogens with one attached hydrogen (secondary N) is 3. The van der Waals surface area contributed by atoms with Gasteiger partial charge < -0.3 is 20.4 Å². The van der Waals surface area contributed by atoms with Gasteiger partial charge in [-0.3, -0.25) is 4.79 Å². The number of rotatable bonds is 5. The number of anilines is 2. The van der Waals surface area contributed by atoms with Gasteiger partial charge in [-0.05, 0) is 42.5 Å². The summed E-state index contributed by atoms with van der Waals surface area (Å²) in [5, 5.41) is 8.19. The van der Waals surface area contributed by atoms with Crippen molar-refractivity contribution in [2.24, 2.45) is 0 Å².